The summed E-state index contributed by atoms with van der Waals surface area (Å²) in [4.78, 5) is 13.5. The third-order valence-corrected chi connectivity index (χ3v) is 3.20. The van der Waals surface area contributed by atoms with Crippen LogP contribution in [0.4, 0.5) is 5.69 Å². The zero-order chi connectivity index (χ0) is 11.7. The summed E-state index contributed by atoms with van der Waals surface area (Å²) in [5.74, 6) is 0.0515. The fourth-order valence-corrected chi connectivity index (χ4v) is 2.22. The van der Waals surface area contributed by atoms with E-state index in [1.54, 1.807) is 0 Å². The third kappa shape index (κ3) is 1.61. The molecule has 3 nitrogen and oxygen atoms in total. The highest BCUT2D eigenvalue weighted by Gasteiger charge is 2.36. The molecule has 86 valence electrons. The van der Waals surface area contributed by atoms with E-state index in [4.69, 9.17) is 5.73 Å². The largest absolute Gasteiger partial charge is 0.318 e. The van der Waals surface area contributed by atoms with Gasteiger partial charge in [0.05, 0.1) is 12.2 Å². The summed E-state index contributed by atoms with van der Waals surface area (Å²) < 4.78 is 0. The Labute approximate surface area is 96.2 Å². The maximum absolute atomic E-state index is 11.7. The van der Waals surface area contributed by atoms with Crippen LogP contribution in [0.15, 0.2) is 18.2 Å². The van der Waals surface area contributed by atoms with E-state index in [2.05, 4.69) is 32.0 Å². The van der Waals surface area contributed by atoms with Gasteiger partial charge in [-0.05, 0) is 24.0 Å². The lowest BCUT2D eigenvalue weighted by Crippen LogP contribution is -2.61. The summed E-state index contributed by atoms with van der Waals surface area (Å²) in [5.41, 5.74) is 9.21. The Hall–Kier alpha value is -1.35. The second-order valence-electron chi connectivity index (χ2n) is 4.19. The highest BCUT2D eigenvalue weighted by molar-refractivity contribution is 6.05. The maximum Gasteiger partial charge on any atom is 0.245 e. The predicted molar refractivity (Wildman–Crippen MR) is 65.5 cm³/mol. The minimum absolute atomic E-state index is 0.0515. The predicted octanol–water partition coefficient (Wildman–Crippen LogP) is 1.49. The van der Waals surface area contributed by atoms with Crippen LogP contribution in [0.2, 0.25) is 0 Å². The molecule has 1 aromatic carbocycles. The molecule has 0 aromatic heterocycles. The van der Waals surface area contributed by atoms with E-state index in [0.717, 1.165) is 18.5 Å². The lowest BCUT2D eigenvalue weighted by molar-refractivity contribution is -0.123. The minimum atomic E-state index is -0.297. The molecule has 1 atom stereocenters. The van der Waals surface area contributed by atoms with Crippen LogP contribution in [-0.2, 0) is 17.6 Å². The number of benzene rings is 1. The van der Waals surface area contributed by atoms with Crippen LogP contribution in [0, 0.1) is 0 Å². The summed E-state index contributed by atoms with van der Waals surface area (Å²) in [5, 5.41) is 0. The second-order valence-corrected chi connectivity index (χ2v) is 4.19. The van der Waals surface area contributed by atoms with Crippen molar-refractivity contribution in [2.45, 2.75) is 32.7 Å². The summed E-state index contributed by atoms with van der Waals surface area (Å²) in [7, 11) is 0. The van der Waals surface area contributed by atoms with Gasteiger partial charge in [-0.3, -0.25) is 4.79 Å². The molecular weight excluding hydrogens is 200 g/mol. The number of amides is 1. The molecule has 1 saturated heterocycles. The van der Waals surface area contributed by atoms with E-state index in [0.29, 0.717) is 6.54 Å². The van der Waals surface area contributed by atoms with Gasteiger partial charge in [0.15, 0.2) is 0 Å². The van der Waals surface area contributed by atoms with Crippen LogP contribution in [-0.4, -0.2) is 18.5 Å². The highest BCUT2D eigenvalue weighted by atomic mass is 16.2. The van der Waals surface area contributed by atoms with Crippen molar-refractivity contribution in [3.63, 3.8) is 0 Å². The highest BCUT2D eigenvalue weighted by Crippen LogP contribution is 2.30. The Balaban J connectivity index is 2.41. The first-order chi connectivity index (χ1) is 7.69. The van der Waals surface area contributed by atoms with Crippen LogP contribution in [0.3, 0.4) is 0 Å². The lowest BCUT2D eigenvalue weighted by atomic mass is 9.98. The van der Waals surface area contributed by atoms with Gasteiger partial charge in [0.25, 0.3) is 0 Å². The lowest BCUT2D eigenvalue weighted by Gasteiger charge is -2.38. The van der Waals surface area contributed by atoms with E-state index < -0.39 is 0 Å². The number of aryl methyl sites for hydroxylation is 2. The molecule has 1 amide bonds. The molecule has 1 aliphatic heterocycles. The first-order valence-corrected chi connectivity index (χ1v) is 5.86. The van der Waals surface area contributed by atoms with E-state index in [1.165, 1.54) is 11.1 Å². The SMILES string of the molecule is CCc1cccc(CC)c1N1CC(N)C1=O. The number of anilines is 1. The van der Waals surface area contributed by atoms with Crippen molar-refractivity contribution in [1.82, 2.24) is 0 Å². The monoisotopic (exact) mass is 218 g/mol. The molecule has 0 aliphatic carbocycles. The smallest absolute Gasteiger partial charge is 0.245 e. The average molecular weight is 218 g/mol. The van der Waals surface area contributed by atoms with Gasteiger partial charge in [0, 0.05) is 0 Å². The molecular formula is C13H18N2O. The van der Waals surface area contributed by atoms with Crippen molar-refractivity contribution in [1.29, 1.82) is 0 Å². The molecule has 1 aliphatic rings. The van der Waals surface area contributed by atoms with Gasteiger partial charge in [-0.1, -0.05) is 32.0 Å². The first kappa shape index (κ1) is 11.1. The zero-order valence-electron chi connectivity index (χ0n) is 9.86. The molecule has 1 unspecified atom stereocenters. The number of carbonyl (C=O) groups is 1. The van der Waals surface area contributed by atoms with Crippen LogP contribution < -0.4 is 10.6 Å². The second kappa shape index (κ2) is 4.26. The van der Waals surface area contributed by atoms with Gasteiger partial charge in [-0.15, -0.1) is 0 Å². The molecule has 0 bridgehead atoms. The summed E-state index contributed by atoms with van der Waals surface area (Å²) in [6.07, 6.45) is 1.89. The average Bonchev–Trinajstić information content (AvgIpc) is 2.34. The van der Waals surface area contributed by atoms with Crippen molar-refractivity contribution < 1.29 is 4.79 Å². The third-order valence-electron chi connectivity index (χ3n) is 3.20. The number of hydrogen-bond acceptors (Lipinski definition) is 2. The summed E-state index contributed by atoms with van der Waals surface area (Å²) in [6, 6.07) is 5.94. The Morgan fingerprint density at radius 2 is 1.88 bits per heavy atom. The quantitative estimate of drug-likeness (QED) is 0.781. The number of nitrogens with zero attached hydrogens (tertiary/aromatic N) is 1. The Kier molecular flexibility index (Phi) is 2.97. The number of carbonyl (C=O) groups excluding carboxylic acids is 1. The standard InChI is InChI=1S/C13H18N2O/c1-3-9-6-5-7-10(4-2)12(9)15-8-11(14)13(15)16/h5-7,11H,3-4,8,14H2,1-2H3. The normalized spacial score (nSPS) is 19.8. The van der Waals surface area contributed by atoms with Gasteiger partial charge in [-0.25, -0.2) is 0 Å². The van der Waals surface area contributed by atoms with Crippen LogP contribution in [0.1, 0.15) is 25.0 Å². The zero-order valence-corrected chi connectivity index (χ0v) is 9.86. The van der Waals surface area contributed by atoms with Crippen LogP contribution in [0.25, 0.3) is 0 Å². The fraction of sp³-hybridized carbons (Fsp3) is 0.462. The molecule has 3 heteroatoms. The van der Waals surface area contributed by atoms with E-state index >= 15 is 0 Å². The molecule has 1 fully saturated rings. The molecule has 0 saturated carbocycles. The molecule has 0 radical (unpaired) electrons. The fourth-order valence-electron chi connectivity index (χ4n) is 2.22. The molecule has 1 heterocycles. The molecule has 2 rings (SSSR count). The van der Waals surface area contributed by atoms with Gasteiger partial charge in [0.2, 0.25) is 5.91 Å². The summed E-state index contributed by atoms with van der Waals surface area (Å²) in [6.45, 7) is 4.88. The van der Waals surface area contributed by atoms with Crippen molar-refractivity contribution in [2.24, 2.45) is 5.73 Å². The van der Waals surface area contributed by atoms with E-state index in [9.17, 15) is 4.79 Å². The van der Waals surface area contributed by atoms with Crippen molar-refractivity contribution in [3.05, 3.63) is 29.3 Å². The Morgan fingerprint density at radius 3 is 2.25 bits per heavy atom. The molecule has 0 spiro atoms. The topological polar surface area (TPSA) is 46.3 Å². The van der Waals surface area contributed by atoms with Gasteiger partial charge >= 0.3 is 0 Å². The molecule has 16 heavy (non-hydrogen) atoms. The van der Waals surface area contributed by atoms with E-state index in [-0.39, 0.29) is 11.9 Å². The van der Waals surface area contributed by atoms with Crippen LogP contribution in [0.5, 0.6) is 0 Å². The molecule has 2 N–H and O–H groups in total. The van der Waals surface area contributed by atoms with Crippen molar-refractivity contribution in [3.8, 4) is 0 Å². The number of para-hydroxylation sites is 1. The van der Waals surface area contributed by atoms with E-state index in [1.807, 2.05) is 4.90 Å². The Bertz CT molecular complexity index is 392. The van der Waals surface area contributed by atoms with Gasteiger partial charge < -0.3 is 10.6 Å². The number of hydrogen-bond donors (Lipinski definition) is 1. The van der Waals surface area contributed by atoms with Gasteiger partial charge in [-0.2, -0.15) is 0 Å². The number of nitrogens with two attached hydrogens (primary N) is 1. The first-order valence-electron chi connectivity index (χ1n) is 5.86. The summed E-state index contributed by atoms with van der Waals surface area (Å²) >= 11 is 0. The van der Waals surface area contributed by atoms with Crippen LogP contribution >= 0.6 is 0 Å². The van der Waals surface area contributed by atoms with Crippen molar-refractivity contribution in [2.75, 3.05) is 11.4 Å². The van der Waals surface area contributed by atoms with Gasteiger partial charge in [0.1, 0.15) is 6.04 Å². The van der Waals surface area contributed by atoms with Crippen molar-refractivity contribution >= 4 is 11.6 Å². The maximum atomic E-state index is 11.7. The number of rotatable bonds is 3. The number of β-lactam (4-membered cyclic amide) rings is 1. The molecule has 1 aromatic rings. The minimum Gasteiger partial charge on any atom is -0.318 e. The Morgan fingerprint density at radius 1 is 1.31 bits per heavy atom.